The lowest BCUT2D eigenvalue weighted by atomic mass is 10.1. The lowest BCUT2D eigenvalue weighted by Crippen LogP contribution is -2.30. The monoisotopic (exact) mass is 685 g/mol. The van der Waals surface area contributed by atoms with Crippen LogP contribution in [0.1, 0.15) is 20.7 Å². The molecule has 0 fully saturated rings. The first-order valence-electron chi connectivity index (χ1n) is 5.07. The lowest BCUT2D eigenvalue weighted by molar-refractivity contribution is -0.116. The molecule has 114 valence electrons. The summed E-state index contributed by atoms with van der Waals surface area (Å²) in [6.07, 6.45) is 0. The zero-order chi connectivity index (χ0) is 16.5. The van der Waals surface area contributed by atoms with Gasteiger partial charge in [-0.2, -0.15) is 0 Å². The van der Waals surface area contributed by atoms with Crippen LogP contribution in [0.5, 0.6) is 0 Å². The number of rotatable bonds is 4. The third kappa shape index (κ3) is 4.14. The lowest BCUT2D eigenvalue weighted by Gasteiger charge is -2.23. The highest BCUT2D eigenvalue weighted by atomic mass is 127. The summed E-state index contributed by atoms with van der Waals surface area (Å²) in [4.78, 5) is 36.4. The summed E-state index contributed by atoms with van der Waals surface area (Å²) in [7, 11) is 1.50. The molecule has 0 spiro atoms. The fraction of sp³-hybridized carbons (Fsp3) is 0.182. The molecule has 1 aromatic rings. The Morgan fingerprint density at radius 3 is 1.62 bits per heavy atom. The number of benzene rings is 1. The highest BCUT2D eigenvalue weighted by molar-refractivity contribution is 14.1. The summed E-state index contributed by atoms with van der Waals surface area (Å²) in [5.74, 6) is -0.613. The van der Waals surface area contributed by atoms with Crippen molar-refractivity contribution < 1.29 is 14.4 Å². The summed E-state index contributed by atoms with van der Waals surface area (Å²) >= 11 is 22.4. The normalized spacial score (nSPS) is 10.4. The smallest absolute Gasteiger partial charge is 0.254 e. The Labute approximate surface area is 176 Å². The van der Waals surface area contributed by atoms with Crippen LogP contribution in [0.15, 0.2) is 0 Å². The van der Waals surface area contributed by atoms with Crippen LogP contribution < -0.4 is 4.90 Å². The molecule has 0 aliphatic rings. The molecule has 4 nitrogen and oxygen atoms in total. The molecule has 0 saturated carbocycles. The number of carbonyl (C=O) groups is 3. The minimum absolute atomic E-state index is 0.145. The van der Waals surface area contributed by atoms with Crippen LogP contribution in [0.4, 0.5) is 5.69 Å². The second kappa shape index (κ2) is 8.27. The Morgan fingerprint density at radius 2 is 1.33 bits per heavy atom. The van der Waals surface area contributed by atoms with Crippen LogP contribution in [0.3, 0.4) is 0 Å². The maximum atomic E-state index is 11.8. The van der Waals surface area contributed by atoms with E-state index in [1.807, 2.05) is 67.8 Å². The average Bonchev–Trinajstić information content (AvgIpc) is 2.36. The van der Waals surface area contributed by atoms with E-state index in [2.05, 4.69) is 0 Å². The molecule has 1 amide bonds. The van der Waals surface area contributed by atoms with Gasteiger partial charge in [0.1, 0.15) is 5.88 Å². The van der Waals surface area contributed by atoms with E-state index in [1.54, 1.807) is 0 Å². The van der Waals surface area contributed by atoms with E-state index in [-0.39, 0.29) is 22.9 Å². The van der Waals surface area contributed by atoms with Gasteiger partial charge in [-0.3, -0.25) is 14.4 Å². The van der Waals surface area contributed by atoms with Crippen molar-refractivity contribution in [2.24, 2.45) is 0 Å². The first-order valence-corrected chi connectivity index (χ1v) is 9.60. The Hall–Kier alpha value is 1.09. The summed E-state index contributed by atoms with van der Waals surface area (Å²) in [6.45, 7) is 0. The van der Waals surface area contributed by atoms with Gasteiger partial charge in [0.05, 0.1) is 24.0 Å². The fourth-order valence-electron chi connectivity index (χ4n) is 1.50. The topological polar surface area (TPSA) is 54.5 Å². The van der Waals surface area contributed by atoms with Gasteiger partial charge >= 0.3 is 0 Å². The van der Waals surface area contributed by atoms with Crippen LogP contribution in [0, 0.1) is 10.7 Å². The Kier molecular flexibility index (Phi) is 7.93. The van der Waals surface area contributed by atoms with Crippen LogP contribution in [0.2, 0.25) is 0 Å². The van der Waals surface area contributed by atoms with Crippen molar-refractivity contribution in [1.29, 1.82) is 0 Å². The molecule has 0 bridgehead atoms. The van der Waals surface area contributed by atoms with Gasteiger partial charge in [-0.25, -0.2) is 0 Å². The van der Waals surface area contributed by atoms with E-state index in [0.29, 0.717) is 16.4 Å². The molecule has 10 heteroatoms. The zero-order valence-corrected chi connectivity index (χ0v) is 18.9. The van der Waals surface area contributed by atoms with Gasteiger partial charge in [-0.05, 0) is 91.0 Å². The molecule has 0 aliphatic heterocycles. The molecule has 0 heterocycles. The van der Waals surface area contributed by atoms with E-state index in [1.165, 1.54) is 11.9 Å². The molecule has 0 atom stereocenters. The van der Waals surface area contributed by atoms with Crippen molar-refractivity contribution in [2.45, 2.75) is 0 Å². The number of halogens is 6. The summed E-state index contributed by atoms with van der Waals surface area (Å²) in [6, 6.07) is 0. The van der Waals surface area contributed by atoms with Crippen molar-refractivity contribution in [1.82, 2.24) is 0 Å². The van der Waals surface area contributed by atoms with Crippen LogP contribution in [-0.2, 0) is 4.79 Å². The van der Waals surface area contributed by atoms with E-state index in [4.69, 9.17) is 34.8 Å². The van der Waals surface area contributed by atoms with E-state index >= 15 is 0 Å². The average molecular weight is 686 g/mol. The minimum atomic E-state index is -0.729. The summed E-state index contributed by atoms with van der Waals surface area (Å²) in [5.41, 5.74) is 0.674. The molecule has 0 N–H and O–H groups in total. The molecule has 0 aromatic heterocycles. The van der Waals surface area contributed by atoms with Gasteiger partial charge in [-0.15, -0.1) is 11.6 Å². The predicted molar refractivity (Wildman–Crippen MR) is 109 cm³/mol. The zero-order valence-electron chi connectivity index (χ0n) is 10.1. The van der Waals surface area contributed by atoms with Gasteiger partial charge in [-0.1, -0.05) is 0 Å². The van der Waals surface area contributed by atoms with Crippen molar-refractivity contribution in [3.8, 4) is 0 Å². The number of alkyl halides is 1. The Balaban J connectivity index is 3.84. The fourth-order valence-corrected chi connectivity index (χ4v) is 7.57. The molecule has 1 rings (SSSR count). The third-order valence-electron chi connectivity index (χ3n) is 2.51. The predicted octanol–water partition coefficient (Wildman–Crippen LogP) is 4.46. The number of nitrogens with zero attached hydrogens (tertiary/aromatic N) is 1. The third-order valence-corrected chi connectivity index (χ3v) is 6.30. The highest BCUT2D eigenvalue weighted by Crippen LogP contribution is 2.38. The maximum Gasteiger partial charge on any atom is 0.254 e. The summed E-state index contributed by atoms with van der Waals surface area (Å²) < 4.78 is 1.28. The molecule has 1 aromatic carbocycles. The quantitative estimate of drug-likeness (QED) is 0.267. The van der Waals surface area contributed by atoms with Crippen molar-refractivity contribution in [3.63, 3.8) is 0 Å². The Bertz CT molecular complexity index is 610. The van der Waals surface area contributed by atoms with Gasteiger partial charge < -0.3 is 4.90 Å². The van der Waals surface area contributed by atoms with Crippen molar-refractivity contribution >= 4 is 125 Å². The van der Waals surface area contributed by atoms with E-state index < -0.39 is 10.5 Å². The molecular formula is C11H5Cl3I3NO3. The standard InChI is InChI=1S/C11H5Cl3I3NO3/c1-18(3(19)2-12)9-7(16)4(10(13)20)6(15)5(8(9)17)11(14)21/h2H2,1H3. The van der Waals surface area contributed by atoms with Gasteiger partial charge in [0.15, 0.2) is 0 Å². The van der Waals surface area contributed by atoms with Crippen LogP contribution >= 0.6 is 103 Å². The van der Waals surface area contributed by atoms with E-state index in [0.717, 1.165) is 0 Å². The summed E-state index contributed by atoms with van der Waals surface area (Å²) in [5, 5.41) is -1.46. The van der Waals surface area contributed by atoms with Crippen molar-refractivity contribution in [2.75, 3.05) is 17.8 Å². The first-order chi connectivity index (χ1) is 9.64. The van der Waals surface area contributed by atoms with Gasteiger partial charge in [0.2, 0.25) is 5.91 Å². The number of carbonyl (C=O) groups excluding carboxylic acids is 3. The number of hydrogen-bond donors (Lipinski definition) is 0. The molecule has 0 radical (unpaired) electrons. The maximum absolute atomic E-state index is 11.8. The molecule has 21 heavy (non-hydrogen) atoms. The molecule has 0 unspecified atom stereocenters. The van der Waals surface area contributed by atoms with E-state index in [9.17, 15) is 14.4 Å². The van der Waals surface area contributed by atoms with Crippen LogP contribution in [-0.4, -0.2) is 29.3 Å². The molecule has 0 saturated heterocycles. The SMILES string of the molecule is CN(C(=O)CCl)c1c(I)c(C(=O)Cl)c(I)c(C(=O)Cl)c1I. The second-order valence-electron chi connectivity index (χ2n) is 3.67. The van der Waals surface area contributed by atoms with Gasteiger partial charge in [0.25, 0.3) is 10.5 Å². The van der Waals surface area contributed by atoms with Crippen LogP contribution in [0.25, 0.3) is 0 Å². The number of amides is 1. The van der Waals surface area contributed by atoms with Crippen molar-refractivity contribution in [3.05, 3.63) is 21.8 Å². The second-order valence-corrected chi connectivity index (χ2v) is 7.86. The molecule has 0 aliphatic carbocycles. The largest absolute Gasteiger partial charge is 0.312 e. The highest BCUT2D eigenvalue weighted by Gasteiger charge is 2.29. The number of anilines is 1. The molecular weight excluding hydrogens is 681 g/mol. The number of hydrogen-bond acceptors (Lipinski definition) is 3. The van der Waals surface area contributed by atoms with Gasteiger partial charge in [0, 0.05) is 10.6 Å². The minimum Gasteiger partial charge on any atom is -0.312 e. The Morgan fingerprint density at radius 1 is 0.952 bits per heavy atom. The first kappa shape index (κ1) is 20.1.